The summed E-state index contributed by atoms with van der Waals surface area (Å²) in [4.78, 5) is 43.6. The van der Waals surface area contributed by atoms with Gasteiger partial charge in [-0.25, -0.2) is 9.78 Å². The van der Waals surface area contributed by atoms with Crippen molar-refractivity contribution in [3.05, 3.63) is 60.5 Å². The van der Waals surface area contributed by atoms with Gasteiger partial charge in [0, 0.05) is 12.2 Å². The van der Waals surface area contributed by atoms with E-state index in [-0.39, 0.29) is 11.8 Å². The van der Waals surface area contributed by atoms with Crippen LogP contribution in [-0.4, -0.2) is 34.4 Å². The third-order valence-corrected chi connectivity index (χ3v) is 5.04. The SMILES string of the molecule is C[C@@H](OC(=O)/C=C/c1nc2ccccc2o1)C(=O)N1c2ccccc2NC(=O)C1(C)C. The molecule has 158 valence electrons. The maximum Gasteiger partial charge on any atom is 0.331 e. The third-order valence-electron chi connectivity index (χ3n) is 5.04. The molecule has 1 atom stereocenters. The quantitative estimate of drug-likeness (QED) is 0.513. The number of para-hydroxylation sites is 4. The minimum atomic E-state index is -1.15. The van der Waals surface area contributed by atoms with E-state index in [0.717, 1.165) is 6.08 Å². The molecule has 3 aromatic rings. The van der Waals surface area contributed by atoms with Gasteiger partial charge >= 0.3 is 5.97 Å². The summed E-state index contributed by atoms with van der Waals surface area (Å²) in [6.45, 7) is 4.74. The van der Waals surface area contributed by atoms with Gasteiger partial charge in [0.25, 0.3) is 5.91 Å². The van der Waals surface area contributed by atoms with Crippen LogP contribution in [-0.2, 0) is 19.1 Å². The number of carbonyl (C=O) groups is 3. The van der Waals surface area contributed by atoms with Crippen molar-refractivity contribution in [3.8, 4) is 0 Å². The second kappa shape index (κ2) is 7.71. The van der Waals surface area contributed by atoms with Crippen molar-refractivity contribution in [1.82, 2.24) is 4.98 Å². The van der Waals surface area contributed by atoms with Gasteiger partial charge in [-0.2, -0.15) is 0 Å². The van der Waals surface area contributed by atoms with Crippen LogP contribution in [0, 0.1) is 0 Å². The van der Waals surface area contributed by atoms with Crippen molar-refractivity contribution in [1.29, 1.82) is 0 Å². The standard InChI is InChI=1S/C23H21N3O5/c1-14(30-20(27)13-12-19-24-16-9-5-7-11-18(16)31-19)21(28)26-17-10-6-4-8-15(17)25-22(29)23(26,2)3/h4-14H,1-3H3,(H,25,29)/b13-12+/t14-/m1/s1. The lowest BCUT2D eigenvalue weighted by molar-refractivity contribution is -0.149. The number of carbonyl (C=O) groups excluding carboxylic acids is 3. The van der Waals surface area contributed by atoms with Crippen LogP contribution in [0.25, 0.3) is 17.2 Å². The molecular weight excluding hydrogens is 398 g/mol. The molecular formula is C23H21N3O5. The van der Waals surface area contributed by atoms with E-state index in [1.807, 2.05) is 12.1 Å². The molecule has 0 radical (unpaired) electrons. The van der Waals surface area contributed by atoms with Crippen molar-refractivity contribution >= 4 is 46.3 Å². The lowest BCUT2D eigenvalue weighted by Crippen LogP contribution is -2.60. The van der Waals surface area contributed by atoms with Crippen molar-refractivity contribution in [2.75, 3.05) is 10.2 Å². The number of hydrogen-bond acceptors (Lipinski definition) is 6. The number of anilines is 2. The van der Waals surface area contributed by atoms with Crippen molar-refractivity contribution < 1.29 is 23.5 Å². The van der Waals surface area contributed by atoms with Crippen LogP contribution in [0.4, 0.5) is 11.4 Å². The maximum absolute atomic E-state index is 13.2. The molecule has 31 heavy (non-hydrogen) atoms. The first kappa shape index (κ1) is 20.3. The molecule has 0 fully saturated rings. The Hall–Kier alpha value is -3.94. The molecule has 8 heteroatoms. The molecule has 0 spiro atoms. The number of hydrogen-bond donors (Lipinski definition) is 1. The number of rotatable bonds is 4. The van der Waals surface area contributed by atoms with Crippen molar-refractivity contribution in [2.45, 2.75) is 32.4 Å². The predicted molar refractivity (Wildman–Crippen MR) is 115 cm³/mol. The summed E-state index contributed by atoms with van der Waals surface area (Å²) in [5, 5.41) is 2.80. The smallest absolute Gasteiger partial charge is 0.331 e. The Morgan fingerprint density at radius 2 is 1.87 bits per heavy atom. The first-order chi connectivity index (χ1) is 14.8. The highest BCUT2D eigenvalue weighted by atomic mass is 16.5. The number of benzene rings is 2. The molecule has 2 amide bonds. The van der Waals surface area contributed by atoms with Crippen LogP contribution < -0.4 is 10.2 Å². The topological polar surface area (TPSA) is 102 Å². The van der Waals surface area contributed by atoms with Gasteiger partial charge in [0.15, 0.2) is 11.7 Å². The highest BCUT2D eigenvalue weighted by Crippen LogP contribution is 2.37. The Morgan fingerprint density at radius 1 is 1.16 bits per heavy atom. The lowest BCUT2D eigenvalue weighted by Gasteiger charge is -2.42. The monoisotopic (exact) mass is 419 g/mol. The van der Waals surface area contributed by atoms with Gasteiger partial charge in [-0.15, -0.1) is 0 Å². The first-order valence-electron chi connectivity index (χ1n) is 9.76. The number of oxazole rings is 1. The Morgan fingerprint density at radius 3 is 2.65 bits per heavy atom. The molecule has 1 aromatic heterocycles. The molecule has 2 aromatic carbocycles. The zero-order chi connectivity index (χ0) is 22.2. The number of esters is 1. The number of aromatic nitrogens is 1. The molecule has 8 nitrogen and oxygen atoms in total. The molecule has 0 saturated carbocycles. The van der Waals surface area contributed by atoms with Gasteiger partial charge in [0.05, 0.1) is 11.4 Å². The van der Waals surface area contributed by atoms with E-state index in [9.17, 15) is 14.4 Å². The van der Waals surface area contributed by atoms with Crippen molar-refractivity contribution in [2.24, 2.45) is 0 Å². The largest absolute Gasteiger partial charge is 0.449 e. The van der Waals surface area contributed by atoms with Gasteiger partial charge < -0.3 is 14.5 Å². The van der Waals surface area contributed by atoms with E-state index in [4.69, 9.17) is 9.15 Å². The average molecular weight is 419 g/mol. The fraction of sp³-hybridized carbons (Fsp3) is 0.217. The minimum absolute atomic E-state index is 0.250. The summed E-state index contributed by atoms with van der Waals surface area (Å²) in [5.74, 6) is -1.31. The predicted octanol–water partition coefficient (Wildman–Crippen LogP) is 3.54. The highest BCUT2D eigenvalue weighted by Gasteiger charge is 2.45. The average Bonchev–Trinajstić information content (AvgIpc) is 3.15. The molecule has 0 aliphatic carbocycles. The lowest BCUT2D eigenvalue weighted by atomic mass is 9.95. The summed E-state index contributed by atoms with van der Waals surface area (Å²) in [6, 6.07) is 14.2. The number of nitrogens with one attached hydrogen (secondary N) is 1. The zero-order valence-corrected chi connectivity index (χ0v) is 17.3. The first-order valence-corrected chi connectivity index (χ1v) is 9.76. The molecule has 1 aliphatic rings. The molecule has 0 bridgehead atoms. The Balaban J connectivity index is 1.50. The highest BCUT2D eigenvalue weighted by molar-refractivity contribution is 6.15. The Labute approximate surface area is 178 Å². The van der Waals surface area contributed by atoms with Crippen LogP contribution >= 0.6 is 0 Å². The molecule has 1 N–H and O–H groups in total. The van der Waals surface area contributed by atoms with Gasteiger partial charge in [0.1, 0.15) is 11.1 Å². The maximum atomic E-state index is 13.2. The van der Waals surface area contributed by atoms with Gasteiger partial charge in [-0.1, -0.05) is 24.3 Å². The van der Waals surface area contributed by atoms with E-state index in [0.29, 0.717) is 22.5 Å². The van der Waals surface area contributed by atoms with E-state index in [1.165, 1.54) is 17.9 Å². The van der Waals surface area contributed by atoms with E-state index < -0.39 is 23.5 Å². The van der Waals surface area contributed by atoms with Crippen LogP contribution in [0.1, 0.15) is 26.7 Å². The van der Waals surface area contributed by atoms with Gasteiger partial charge in [-0.05, 0) is 45.0 Å². The summed E-state index contributed by atoms with van der Waals surface area (Å²) >= 11 is 0. The third kappa shape index (κ3) is 3.79. The molecule has 2 heterocycles. The minimum Gasteiger partial charge on any atom is -0.449 e. The van der Waals surface area contributed by atoms with Crippen molar-refractivity contribution in [3.63, 3.8) is 0 Å². The molecule has 0 unspecified atom stereocenters. The number of fused-ring (bicyclic) bond motifs is 2. The van der Waals surface area contributed by atoms with Crippen LogP contribution in [0.2, 0.25) is 0 Å². The number of ether oxygens (including phenoxy) is 1. The molecule has 4 rings (SSSR count). The van der Waals surface area contributed by atoms with Crippen LogP contribution in [0.3, 0.4) is 0 Å². The Bertz CT molecular complexity index is 1180. The fourth-order valence-electron chi connectivity index (χ4n) is 3.39. The van der Waals surface area contributed by atoms with E-state index in [1.54, 1.807) is 50.2 Å². The van der Waals surface area contributed by atoms with Crippen LogP contribution in [0.15, 0.2) is 59.0 Å². The second-order valence-corrected chi connectivity index (χ2v) is 7.64. The number of nitrogens with zero attached hydrogens (tertiary/aromatic N) is 2. The summed E-state index contributed by atoms with van der Waals surface area (Å²) in [7, 11) is 0. The van der Waals surface area contributed by atoms with Gasteiger partial charge in [-0.3, -0.25) is 14.5 Å². The summed E-state index contributed by atoms with van der Waals surface area (Å²) in [6.07, 6.45) is 1.42. The second-order valence-electron chi connectivity index (χ2n) is 7.64. The molecule has 1 aliphatic heterocycles. The van der Waals surface area contributed by atoms with E-state index >= 15 is 0 Å². The zero-order valence-electron chi connectivity index (χ0n) is 17.3. The van der Waals surface area contributed by atoms with Crippen LogP contribution in [0.5, 0.6) is 0 Å². The summed E-state index contributed by atoms with van der Waals surface area (Å²) < 4.78 is 10.8. The van der Waals surface area contributed by atoms with E-state index in [2.05, 4.69) is 10.3 Å². The summed E-state index contributed by atoms with van der Waals surface area (Å²) in [5.41, 5.74) is 1.18. The van der Waals surface area contributed by atoms with Gasteiger partial charge in [0.2, 0.25) is 11.8 Å². The Kier molecular flexibility index (Phi) is 5.06. The molecule has 0 saturated heterocycles. The number of amides is 2. The fourth-order valence-corrected chi connectivity index (χ4v) is 3.39. The normalized spacial score (nSPS) is 16.1.